The second-order valence-corrected chi connectivity index (χ2v) is 6.68. The second kappa shape index (κ2) is 7.33. The number of benzene rings is 1. The fourth-order valence-electron chi connectivity index (χ4n) is 3.64. The van der Waals surface area contributed by atoms with Gasteiger partial charge in [-0.05, 0) is 25.0 Å². The largest absolute Gasteiger partial charge is 0.340 e. The molecular formula is C20H25N5O. The standard InChI is InChI=1S/C20H25N5O/c1-2-25-18-17(22-20(25)24-14-10-21-11-15-24)9-13-23(19(18)26)12-8-16-6-4-3-5-7-16/h3-7,9,13,21H,2,8,10-12,14-15H2,1H3. The SMILES string of the molecule is CCn1c(N2CCNCC2)nc2ccn(CCc3ccccc3)c(=O)c21. The van der Waals surface area contributed by atoms with Gasteiger partial charge >= 0.3 is 0 Å². The molecule has 1 aromatic carbocycles. The van der Waals surface area contributed by atoms with E-state index in [-0.39, 0.29) is 5.56 Å². The summed E-state index contributed by atoms with van der Waals surface area (Å²) in [7, 11) is 0. The average Bonchev–Trinajstić information content (AvgIpc) is 3.08. The quantitative estimate of drug-likeness (QED) is 0.762. The highest BCUT2D eigenvalue weighted by Crippen LogP contribution is 2.20. The van der Waals surface area contributed by atoms with Gasteiger partial charge in [0.05, 0.1) is 5.52 Å². The van der Waals surface area contributed by atoms with Crippen molar-refractivity contribution in [2.75, 3.05) is 31.1 Å². The molecule has 1 saturated heterocycles. The minimum atomic E-state index is 0.0502. The Balaban J connectivity index is 1.68. The van der Waals surface area contributed by atoms with Gasteiger partial charge in [-0.2, -0.15) is 0 Å². The Labute approximate surface area is 153 Å². The van der Waals surface area contributed by atoms with Crippen molar-refractivity contribution in [2.45, 2.75) is 26.4 Å². The Hall–Kier alpha value is -2.60. The van der Waals surface area contributed by atoms with Crippen LogP contribution in [0, 0.1) is 0 Å². The van der Waals surface area contributed by atoms with E-state index in [0.717, 1.165) is 56.1 Å². The van der Waals surface area contributed by atoms with Crippen LogP contribution < -0.4 is 15.8 Å². The number of rotatable bonds is 5. The van der Waals surface area contributed by atoms with Gasteiger partial charge in [0.1, 0.15) is 5.52 Å². The maximum atomic E-state index is 13.1. The van der Waals surface area contributed by atoms with Gasteiger partial charge in [0.15, 0.2) is 0 Å². The van der Waals surface area contributed by atoms with E-state index in [9.17, 15) is 4.79 Å². The molecule has 2 aromatic heterocycles. The zero-order valence-corrected chi connectivity index (χ0v) is 15.2. The number of aromatic nitrogens is 3. The lowest BCUT2D eigenvalue weighted by Crippen LogP contribution is -2.44. The Morgan fingerprint density at radius 2 is 1.88 bits per heavy atom. The summed E-state index contributed by atoms with van der Waals surface area (Å²) in [5.74, 6) is 0.918. The molecule has 0 saturated carbocycles. The van der Waals surface area contributed by atoms with E-state index in [0.29, 0.717) is 6.54 Å². The van der Waals surface area contributed by atoms with Crippen LogP contribution in [0.3, 0.4) is 0 Å². The van der Waals surface area contributed by atoms with Crippen molar-refractivity contribution in [3.05, 3.63) is 58.5 Å². The normalized spacial score (nSPS) is 14.9. The lowest BCUT2D eigenvalue weighted by atomic mass is 10.1. The van der Waals surface area contributed by atoms with Crippen LogP contribution in [0.25, 0.3) is 11.0 Å². The molecule has 1 aliphatic heterocycles. The average molecular weight is 351 g/mol. The number of nitrogens with one attached hydrogen (secondary N) is 1. The minimum absolute atomic E-state index is 0.0502. The number of anilines is 1. The molecule has 6 heteroatoms. The molecule has 0 amide bonds. The summed E-state index contributed by atoms with van der Waals surface area (Å²) in [6, 6.07) is 12.3. The summed E-state index contributed by atoms with van der Waals surface area (Å²) < 4.78 is 3.88. The number of hydrogen-bond acceptors (Lipinski definition) is 4. The van der Waals surface area contributed by atoms with Crippen LogP contribution in [0.15, 0.2) is 47.4 Å². The smallest absolute Gasteiger partial charge is 0.276 e. The number of pyridine rings is 1. The van der Waals surface area contributed by atoms with Gasteiger partial charge < -0.3 is 19.4 Å². The number of piperazine rings is 1. The topological polar surface area (TPSA) is 55.1 Å². The lowest BCUT2D eigenvalue weighted by Gasteiger charge is -2.28. The van der Waals surface area contributed by atoms with Crippen LogP contribution >= 0.6 is 0 Å². The molecule has 0 bridgehead atoms. The summed E-state index contributed by atoms with van der Waals surface area (Å²) in [6.45, 7) is 7.25. The summed E-state index contributed by atoms with van der Waals surface area (Å²) in [5.41, 5.74) is 2.80. The van der Waals surface area contributed by atoms with Gasteiger partial charge in [-0.15, -0.1) is 0 Å². The van der Waals surface area contributed by atoms with Crippen molar-refractivity contribution in [2.24, 2.45) is 0 Å². The van der Waals surface area contributed by atoms with Crippen LogP contribution in [0.5, 0.6) is 0 Å². The number of imidazole rings is 1. The first kappa shape index (κ1) is 16.8. The maximum Gasteiger partial charge on any atom is 0.276 e. The molecule has 0 atom stereocenters. The van der Waals surface area contributed by atoms with Crippen molar-refractivity contribution in [1.29, 1.82) is 0 Å². The zero-order valence-electron chi connectivity index (χ0n) is 15.2. The Morgan fingerprint density at radius 3 is 2.62 bits per heavy atom. The molecule has 4 rings (SSSR count). The van der Waals surface area contributed by atoms with Crippen molar-refractivity contribution >= 4 is 17.0 Å². The fourth-order valence-corrected chi connectivity index (χ4v) is 3.64. The van der Waals surface area contributed by atoms with Crippen molar-refractivity contribution in [3.8, 4) is 0 Å². The zero-order chi connectivity index (χ0) is 17.9. The van der Waals surface area contributed by atoms with Gasteiger partial charge in [-0.1, -0.05) is 30.3 Å². The molecule has 1 fully saturated rings. The Morgan fingerprint density at radius 1 is 1.12 bits per heavy atom. The second-order valence-electron chi connectivity index (χ2n) is 6.68. The van der Waals surface area contributed by atoms with E-state index in [1.54, 1.807) is 0 Å². The molecule has 0 aliphatic carbocycles. The molecule has 1 aliphatic rings. The Bertz CT molecular complexity index is 938. The maximum absolute atomic E-state index is 13.1. The molecule has 6 nitrogen and oxygen atoms in total. The monoisotopic (exact) mass is 351 g/mol. The summed E-state index contributed by atoms with van der Waals surface area (Å²) >= 11 is 0. The summed E-state index contributed by atoms with van der Waals surface area (Å²) in [5, 5.41) is 3.36. The third kappa shape index (κ3) is 3.12. The van der Waals surface area contributed by atoms with Gasteiger partial charge in [-0.25, -0.2) is 4.98 Å². The highest BCUT2D eigenvalue weighted by atomic mass is 16.1. The third-order valence-electron chi connectivity index (χ3n) is 5.05. The predicted molar refractivity (Wildman–Crippen MR) is 105 cm³/mol. The highest BCUT2D eigenvalue weighted by Gasteiger charge is 2.20. The van der Waals surface area contributed by atoms with Gasteiger partial charge in [0.2, 0.25) is 5.95 Å². The number of hydrogen-bond donors (Lipinski definition) is 1. The van der Waals surface area contributed by atoms with E-state index in [1.807, 2.05) is 35.0 Å². The van der Waals surface area contributed by atoms with Crippen molar-refractivity contribution in [3.63, 3.8) is 0 Å². The Kier molecular flexibility index (Phi) is 4.75. The summed E-state index contributed by atoms with van der Waals surface area (Å²) in [4.78, 5) is 20.1. The van der Waals surface area contributed by atoms with Crippen LogP contribution in [-0.2, 0) is 19.5 Å². The third-order valence-corrected chi connectivity index (χ3v) is 5.05. The molecular weight excluding hydrogens is 326 g/mol. The van der Waals surface area contributed by atoms with Crippen LogP contribution in [0.4, 0.5) is 5.95 Å². The predicted octanol–water partition coefficient (Wildman–Crippen LogP) is 1.87. The fraction of sp³-hybridized carbons (Fsp3) is 0.400. The molecule has 1 N–H and O–H groups in total. The molecule has 26 heavy (non-hydrogen) atoms. The molecule has 0 spiro atoms. The van der Waals surface area contributed by atoms with E-state index < -0.39 is 0 Å². The van der Waals surface area contributed by atoms with Crippen molar-refractivity contribution < 1.29 is 0 Å². The molecule has 3 heterocycles. The highest BCUT2D eigenvalue weighted by molar-refractivity contribution is 5.77. The van der Waals surface area contributed by atoms with Gasteiger partial charge in [0, 0.05) is 45.5 Å². The van der Waals surface area contributed by atoms with E-state index in [4.69, 9.17) is 4.98 Å². The number of aryl methyl sites for hydroxylation is 3. The van der Waals surface area contributed by atoms with E-state index in [1.165, 1.54) is 5.56 Å². The number of fused-ring (bicyclic) bond motifs is 1. The van der Waals surface area contributed by atoms with Gasteiger partial charge in [0.25, 0.3) is 5.56 Å². The van der Waals surface area contributed by atoms with Crippen molar-refractivity contribution in [1.82, 2.24) is 19.4 Å². The lowest BCUT2D eigenvalue weighted by molar-refractivity contribution is 0.569. The first-order chi connectivity index (χ1) is 12.8. The molecule has 0 unspecified atom stereocenters. The molecule has 3 aromatic rings. The van der Waals surface area contributed by atoms with Crippen LogP contribution in [-0.4, -0.2) is 40.3 Å². The van der Waals surface area contributed by atoms with E-state index in [2.05, 4.69) is 33.8 Å². The van der Waals surface area contributed by atoms with E-state index >= 15 is 0 Å². The molecule has 0 radical (unpaired) electrons. The van der Waals surface area contributed by atoms with Gasteiger partial charge in [-0.3, -0.25) is 4.79 Å². The first-order valence-electron chi connectivity index (χ1n) is 9.37. The number of nitrogens with zero attached hydrogens (tertiary/aromatic N) is 4. The molecule has 136 valence electrons. The van der Waals surface area contributed by atoms with Crippen LogP contribution in [0.2, 0.25) is 0 Å². The van der Waals surface area contributed by atoms with Crippen LogP contribution in [0.1, 0.15) is 12.5 Å². The first-order valence-corrected chi connectivity index (χ1v) is 9.37. The minimum Gasteiger partial charge on any atom is -0.340 e. The summed E-state index contributed by atoms with van der Waals surface area (Å²) in [6.07, 6.45) is 2.72.